The normalized spacial score (nSPS) is 14.5. The van der Waals surface area contributed by atoms with E-state index in [9.17, 15) is 13.2 Å². The molecule has 7 heteroatoms. The van der Waals surface area contributed by atoms with Crippen LogP contribution in [0.1, 0.15) is 15.9 Å². The van der Waals surface area contributed by atoms with Crippen molar-refractivity contribution in [3.05, 3.63) is 96.1 Å². The average Bonchev–Trinajstić information content (AvgIpc) is 2.84. The fraction of sp³-hybridized carbons (Fsp3) is 0.208. The SMILES string of the molecule is O=C(c1cccc(S(=O)(=O)NCc2ccccc2)c1)N1CCN(c2ccccc2)CC1. The third kappa shape index (κ3) is 5.13. The molecule has 1 aliphatic heterocycles. The molecule has 1 amide bonds. The van der Waals surface area contributed by atoms with Gasteiger partial charge in [0.1, 0.15) is 0 Å². The molecule has 0 atom stereocenters. The zero-order valence-corrected chi connectivity index (χ0v) is 18.0. The molecule has 0 aromatic heterocycles. The molecule has 1 fully saturated rings. The van der Waals surface area contributed by atoms with E-state index in [0.717, 1.165) is 24.3 Å². The molecular formula is C24H25N3O3S. The molecule has 0 saturated carbocycles. The van der Waals surface area contributed by atoms with Crippen LogP contribution in [0, 0.1) is 0 Å². The molecule has 1 N–H and O–H groups in total. The van der Waals surface area contributed by atoms with Crippen LogP contribution in [0.25, 0.3) is 0 Å². The first-order valence-corrected chi connectivity index (χ1v) is 11.7. The zero-order valence-electron chi connectivity index (χ0n) is 17.1. The van der Waals surface area contributed by atoms with E-state index < -0.39 is 10.0 Å². The van der Waals surface area contributed by atoms with E-state index in [1.807, 2.05) is 48.5 Å². The second-order valence-electron chi connectivity index (χ2n) is 7.45. The maximum Gasteiger partial charge on any atom is 0.254 e. The number of para-hydroxylation sites is 1. The minimum atomic E-state index is -3.72. The molecule has 1 saturated heterocycles. The Morgan fingerprint density at radius 1 is 0.806 bits per heavy atom. The second kappa shape index (κ2) is 9.32. The van der Waals surface area contributed by atoms with Gasteiger partial charge in [-0.1, -0.05) is 54.6 Å². The van der Waals surface area contributed by atoms with E-state index in [4.69, 9.17) is 0 Å². The van der Waals surface area contributed by atoms with Crippen LogP contribution in [0.3, 0.4) is 0 Å². The standard InChI is InChI=1S/C24H25N3O3S/c28-24(27-16-14-26(15-17-27)22-11-5-2-6-12-22)21-10-7-13-23(18-21)31(29,30)25-19-20-8-3-1-4-9-20/h1-13,18,25H,14-17,19H2. The first kappa shape index (κ1) is 21.1. The van der Waals surface area contributed by atoms with Gasteiger partial charge in [-0.15, -0.1) is 0 Å². The van der Waals surface area contributed by atoms with Crippen molar-refractivity contribution in [2.45, 2.75) is 11.4 Å². The number of hydrogen-bond acceptors (Lipinski definition) is 4. The van der Waals surface area contributed by atoms with Gasteiger partial charge in [0.15, 0.2) is 0 Å². The largest absolute Gasteiger partial charge is 0.368 e. The number of hydrogen-bond donors (Lipinski definition) is 1. The van der Waals surface area contributed by atoms with Gasteiger partial charge < -0.3 is 9.80 Å². The molecule has 160 valence electrons. The maximum absolute atomic E-state index is 13.0. The van der Waals surface area contributed by atoms with Crippen molar-refractivity contribution in [1.82, 2.24) is 9.62 Å². The summed E-state index contributed by atoms with van der Waals surface area (Å²) in [6.45, 7) is 2.87. The van der Waals surface area contributed by atoms with Gasteiger partial charge >= 0.3 is 0 Å². The van der Waals surface area contributed by atoms with Crippen molar-refractivity contribution in [2.75, 3.05) is 31.1 Å². The topological polar surface area (TPSA) is 69.7 Å². The molecule has 0 unspecified atom stereocenters. The Morgan fingerprint density at radius 2 is 1.45 bits per heavy atom. The highest BCUT2D eigenvalue weighted by molar-refractivity contribution is 7.89. The lowest BCUT2D eigenvalue weighted by Gasteiger charge is -2.36. The summed E-state index contributed by atoms with van der Waals surface area (Å²) in [5, 5.41) is 0. The van der Waals surface area contributed by atoms with Crippen molar-refractivity contribution >= 4 is 21.6 Å². The van der Waals surface area contributed by atoms with Gasteiger partial charge in [0, 0.05) is 44.0 Å². The van der Waals surface area contributed by atoms with Gasteiger partial charge in [-0.05, 0) is 35.9 Å². The lowest BCUT2D eigenvalue weighted by Crippen LogP contribution is -2.48. The molecule has 4 rings (SSSR count). The number of nitrogens with zero attached hydrogens (tertiary/aromatic N) is 2. The predicted molar refractivity (Wildman–Crippen MR) is 121 cm³/mol. The fourth-order valence-electron chi connectivity index (χ4n) is 3.64. The number of amides is 1. The van der Waals surface area contributed by atoms with Gasteiger partial charge in [0.2, 0.25) is 10.0 Å². The van der Waals surface area contributed by atoms with E-state index in [2.05, 4.69) is 21.8 Å². The fourth-order valence-corrected chi connectivity index (χ4v) is 4.71. The summed E-state index contributed by atoms with van der Waals surface area (Å²) in [7, 11) is -3.72. The Hall–Kier alpha value is -3.16. The summed E-state index contributed by atoms with van der Waals surface area (Å²) in [5.41, 5.74) is 2.40. The van der Waals surface area contributed by atoms with Gasteiger partial charge in [0.05, 0.1) is 4.90 Å². The molecule has 31 heavy (non-hydrogen) atoms. The van der Waals surface area contributed by atoms with Crippen molar-refractivity contribution in [2.24, 2.45) is 0 Å². The number of anilines is 1. The van der Waals surface area contributed by atoms with E-state index in [1.165, 1.54) is 12.1 Å². The third-order valence-electron chi connectivity index (χ3n) is 5.39. The summed E-state index contributed by atoms with van der Waals surface area (Å²) in [6, 6.07) is 25.7. The molecule has 0 radical (unpaired) electrons. The predicted octanol–water partition coefficient (Wildman–Crippen LogP) is 3.13. The van der Waals surface area contributed by atoms with E-state index in [-0.39, 0.29) is 17.3 Å². The molecular weight excluding hydrogens is 410 g/mol. The third-order valence-corrected chi connectivity index (χ3v) is 6.79. The summed E-state index contributed by atoms with van der Waals surface area (Å²) < 4.78 is 28.0. The number of nitrogens with one attached hydrogen (secondary N) is 1. The van der Waals surface area contributed by atoms with Gasteiger partial charge in [-0.2, -0.15) is 0 Å². The highest BCUT2D eigenvalue weighted by atomic mass is 32.2. The van der Waals surface area contributed by atoms with Gasteiger partial charge in [0.25, 0.3) is 5.91 Å². The Morgan fingerprint density at radius 3 is 2.13 bits per heavy atom. The zero-order chi connectivity index (χ0) is 21.7. The summed E-state index contributed by atoms with van der Waals surface area (Å²) >= 11 is 0. The van der Waals surface area contributed by atoms with E-state index >= 15 is 0 Å². The van der Waals surface area contributed by atoms with Gasteiger partial charge in [-0.25, -0.2) is 13.1 Å². The Kier molecular flexibility index (Phi) is 6.34. The molecule has 0 spiro atoms. The minimum Gasteiger partial charge on any atom is -0.368 e. The first-order chi connectivity index (χ1) is 15.0. The Bertz CT molecular complexity index is 1130. The van der Waals surface area contributed by atoms with Crippen LogP contribution in [-0.4, -0.2) is 45.4 Å². The van der Waals surface area contributed by atoms with Gasteiger partial charge in [-0.3, -0.25) is 4.79 Å². The number of benzene rings is 3. The minimum absolute atomic E-state index is 0.0946. The van der Waals surface area contributed by atoms with Crippen LogP contribution >= 0.6 is 0 Å². The number of piperazine rings is 1. The second-order valence-corrected chi connectivity index (χ2v) is 9.22. The molecule has 0 bridgehead atoms. The summed E-state index contributed by atoms with van der Waals surface area (Å²) in [6.07, 6.45) is 0. The maximum atomic E-state index is 13.0. The molecule has 0 aliphatic carbocycles. The molecule has 1 aliphatic rings. The molecule has 1 heterocycles. The summed E-state index contributed by atoms with van der Waals surface area (Å²) in [4.78, 5) is 17.1. The van der Waals surface area contributed by atoms with Crippen LogP contribution < -0.4 is 9.62 Å². The van der Waals surface area contributed by atoms with Crippen LogP contribution in [0.15, 0.2) is 89.8 Å². The average molecular weight is 436 g/mol. The van der Waals surface area contributed by atoms with E-state index in [1.54, 1.807) is 17.0 Å². The summed E-state index contributed by atoms with van der Waals surface area (Å²) in [5.74, 6) is -0.146. The number of rotatable bonds is 6. The number of carbonyl (C=O) groups is 1. The smallest absolute Gasteiger partial charge is 0.254 e. The van der Waals surface area contributed by atoms with Crippen LogP contribution in [0.4, 0.5) is 5.69 Å². The number of sulfonamides is 1. The van der Waals surface area contributed by atoms with Crippen LogP contribution in [-0.2, 0) is 16.6 Å². The quantitative estimate of drug-likeness (QED) is 0.646. The highest BCUT2D eigenvalue weighted by Gasteiger charge is 2.23. The lowest BCUT2D eigenvalue weighted by atomic mass is 10.1. The molecule has 6 nitrogen and oxygen atoms in total. The monoisotopic (exact) mass is 435 g/mol. The lowest BCUT2D eigenvalue weighted by molar-refractivity contribution is 0.0746. The first-order valence-electron chi connectivity index (χ1n) is 10.3. The molecule has 3 aromatic rings. The van der Waals surface area contributed by atoms with Crippen molar-refractivity contribution in [1.29, 1.82) is 0 Å². The van der Waals surface area contributed by atoms with Crippen LogP contribution in [0.5, 0.6) is 0 Å². The molecule has 3 aromatic carbocycles. The Labute approximate surface area is 183 Å². The van der Waals surface area contributed by atoms with Crippen molar-refractivity contribution in [3.63, 3.8) is 0 Å². The highest BCUT2D eigenvalue weighted by Crippen LogP contribution is 2.18. The van der Waals surface area contributed by atoms with Crippen LogP contribution in [0.2, 0.25) is 0 Å². The Balaban J connectivity index is 1.41. The van der Waals surface area contributed by atoms with Crippen molar-refractivity contribution in [3.8, 4) is 0 Å². The van der Waals surface area contributed by atoms with Crippen molar-refractivity contribution < 1.29 is 13.2 Å². The number of carbonyl (C=O) groups excluding carboxylic acids is 1. The van der Waals surface area contributed by atoms with E-state index in [0.29, 0.717) is 18.7 Å².